The van der Waals surface area contributed by atoms with E-state index in [0.29, 0.717) is 25.7 Å². The van der Waals surface area contributed by atoms with Crippen molar-refractivity contribution in [2.45, 2.75) is 38.1 Å². The summed E-state index contributed by atoms with van der Waals surface area (Å²) in [5, 5.41) is 3.41. The third kappa shape index (κ3) is 5.74. The third-order valence-corrected chi connectivity index (χ3v) is 2.66. The maximum Gasteiger partial charge on any atom is 0.305 e. The molecule has 15 heavy (non-hydrogen) atoms. The molecule has 0 bridgehead atoms. The smallest absolute Gasteiger partial charge is 0.305 e. The zero-order valence-corrected chi connectivity index (χ0v) is 9.46. The molecule has 0 aromatic carbocycles. The van der Waals surface area contributed by atoms with Crippen molar-refractivity contribution in [2.75, 3.05) is 26.9 Å². The monoisotopic (exact) mass is 215 g/mol. The van der Waals surface area contributed by atoms with E-state index >= 15 is 0 Å². The molecule has 88 valence electrons. The van der Waals surface area contributed by atoms with Gasteiger partial charge in [-0.15, -0.1) is 0 Å². The predicted octanol–water partition coefficient (Wildman–Crippen LogP) is 1.10. The maximum atomic E-state index is 11.3. The van der Waals surface area contributed by atoms with Crippen molar-refractivity contribution >= 4 is 5.97 Å². The molecular formula is C11H21NO3. The Morgan fingerprint density at radius 2 is 2.27 bits per heavy atom. The Balaban J connectivity index is 2.00. The maximum absolute atomic E-state index is 11.3. The van der Waals surface area contributed by atoms with Crippen LogP contribution in [0.15, 0.2) is 0 Å². The number of carbonyl (C=O) groups excluding carboxylic acids is 1. The molecule has 1 fully saturated rings. The van der Waals surface area contributed by atoms with Crippen LogP contribution in [0.5, 0.6) is 0 Å². The summed E-state index contributed by atoms with van der Waals surface area (Å²) in [6.45, 7) is 1.93. The molecule has 1 saturated heterocycles. The van der Waals surface area contributed by atoms with Crippen LogP contribution < -0.4 is 5.32 Å². The lowest BCUT2D eigenvalue weighted by atomic mass is 10.0. The van der Waals surface area contributed by atoms with E-state index in [4.69, 9.17) is 9.47 Å². The topological polar surface area (TPSA) is 47.6 Å². The zero-order chi connectivity index (χ0) is 10.9. The molecule has 0 amide bonds. The second-order valence-corrected chi connectivity index (χ2v) is 3.90. The molecule has 0 aromatic rings. The van der Waals surface area contributed by atoms with Crippen molar-refractivity contribution in [3.63, 3.8) is 0 Å². The molecule has 1 atom stereocenters. The van der Waals surface area contributed by atoms with Gasteiger partial charge in [0.2, 0.25) is 0 Å². The van der Waals surface area contributed by atoms with Gasteiger partial charge >= 0.3 is 5.97 Å². The largest absolute Gasteiger partial charge is 0.463 e. The van der Waals surface area contributed by atoms with Gasteiger partial charge in [0.25, 0.3) is 0 Å². The van der Waals surface area contributed by atoms with Gasteiger partial charge < -0.3 is 14.8 Å². The van der Waals surface area contributed by atoms with Gasteiger partial charge in [0.1, 0.15) is 6.61 Å². The Labute approximate surface area is 91.3 Å². The summed E-state index contributed by atoms with van der Waals surface area (Å²) in [5.41, 5.74) is 0. The number of carbonyl (C=O) groups is 1. The van der Waals surface area contributed by atoms with E-state index in [9.17, 15) is 4.79 Å². The fourth-order valence-electron chi connectivity index (χ4n) is 1.77. The van der Waals surface area contributed by atoms with Crippen LogP contribution in [0, 0.1) is 0 Å². The van der Waals surface area contributed by atoms with E-state index < -0.39 is 0 Å². The molecule has 4 nitrogen and oxygen atoms in total. The van der Waals surface area contributed by atoms with E-state index in [2.05, 4.69) is 5.32 Å². The first-order valence-corrected chi connectivity index (χ1v) is 5.71. The van der Waals surface area contributed by atoms with Gasteiger partial charge in [-0.2, -0.15) is 0 Å². The lowest BCUT2D eigenvalue weighted by molar-refractivity contribution is -0.145. The van der Waals surface area contributed by atoms with Gasteiger partial charge in [-0.3, -0.25) is 4.79 Å². The molecule has 0 aromatic heterocycles. The molecule has 1 unspecified atom stereocenters. The molecule has 4 heteroatoms. The Morgan fingerprint density at radius 3 is 2.93 bits per heavy atom. The third-order valence-electron chi connectivity index (χ3n) is 2.66. The van der Waals surface area contributed by atoms with Gasteiger partial charge in [0.05, 0.1) is 6.61 Å². The molecule has 1 N–H and O–H groups in total. The van der Waals surface area contributed by atoms with Crippen LogP contribution in [0.4, 0.5) is 0 Å². The van der Waals surface area contributed by atoms with Crippen molar-refractivity contribution in [2.24, 2.45) is 0 Å². The van der Waals surface area contributed by atoms with Crippen LogP contribution in [-0.4, -0.2) is 38.9 Å². The standard InChI is InChI=1S/C11H21NO3/c1-14-8-9-15-11(13)6-5-10-4-2-3-7-12-10/h10,12H,2-9H2,1H3. The first kappa shape index (κ1) is 12.5. The molecule has 1 aliphatic rings. The van der Waals surface area contributed by atoms with Gasteiger partial charge in [0.15, 0.2) is 0 Å². The number of hydrogen-bond donors (Lipinski definition) is 1. The van der Waals surface area contributed by atoms with Crippen LogP contribution in [0.25, 0.3) is 0 Å². The second-order valence-electron chi connectivity index (χ2n) is 3.90. The van der Waals surface area contributed by atoms with Gasteiger partial charge in [-0.25, -0.2) is 0 Å². The number of esters is 1. The summed E-state index contributed by atoms with van der Waals surface area (Å²) < 4.78 is 9.78. The Hall–Kier alpha value is -0.610. The molecule has 0 spiro atoms. The SMILES string of the molecule is COCCOC(=O)CCC1CCCCN1. The zero-order valence-electron chi connectivity index (χ0n) is 9.46. The molecular weight excluding hydrogens is 194 g/mol. The highest BCUT2D eigenvalue weighted by Crippen LogP contribution is 2.11. The van der Waals surface area contributed by atoms with Crippen molar-refractivity contribution in [1.82, 2.24) is 5.32 Å². The summed E-state index contributed by atoms with van der Waals surface area (Å²) in [6, 6.07) is 0.508. The number of rotatable bonds is 6. The summed E-state index contributed by atoms with van der Waals surface area (Å²) in [7, 11) is 1.60. The highest BCUT2D eigenvalue weighted by molar-refractivity contribution is 5.69. The van der Waals surface area contributed by atoms with E-state index in [1.807, 2.05) is 0 Å². The highest BCUT2D eigenvalue weighted by atomic mass is 16.6. The number of methoxy groups -OCH3 is 1. The molecule has 1 aliphatic heterocycles. The van der Waals surface area contributed by atoms with Crippen LogP contribution >= 0.6 is 0 Å². The van der Waals surface area contributed by atoms with E-state index in [0.717, 1.165) is 13.0 Å². The van der Waals surface area contributed by atoms with Gasteiger partial charge in [-0.1, -0.05) is 6.42 Å². The minimum absolute atomic E-state index is 0.112. The van der Waals surface area contributed by atoms with Crippen molar-refractivity contribution in [1.29, 1.82) is 0 Å². The van der Waals surface area contributed by atoms with Crippen molar-refractivity contribution < 1.29 is 14.3 Å². The fraction of sp³-hybridized carbons (Fsp3) is 0.909. The summed E-state index contributed by atoms with van der Waals surface area (Å²) in [4.78, 5) is 11.3. The quantitative estimate of drug-likeness (QED) is 0.532. The first-order chi connectivity index (χ1) is 7.33. The molecule has 1 heterocycles. The predicted molar refractivity (Wildman–Crippen MR) is 57.7 cm³/mol. The molecule has 0 radical (unpaired) electrons. The average Bonchev–Trinajstić information content (AvgIpc) is 2.28. The van der Waals surface area contributed by atoms with Crippen molar-refractivity contribution in [3.05, 3.63) is 0 Å². The number of nitrogens with one attached hydrogen (secondary N) is 1. The Bertz CT molecular complexity index is 179. The molecule has 1 rings (SSSR count). The number of ether oxygens (including phenoxy) is 2. The lowest BCUT2D eigenvalue weighted by Gasteiger charge is -2.22. The Morgan fingerprint density at radius 1 is 1.40 bits per heavy atom. The van der Waals surface area contributed by atoms with Crippen molar-refractivity contribution in [3.8, 4) is 0 Å². The molecule has 0 saturated carbocycles. The van der Waals surface area contributed by atoms with Crippen LogP contribution in [0.1, 0.15) is 32.1 Å². The van der Waals surface area contributed by atoms with E-state index in [-0.39, 0.29) is 5.97 Å². The van der Waals surface area contributed by atoms with Crippen LogP contribution in [0.2, 0.25) is 0 Å². The Kier molecular flexibility index (Phi) is 6.36. The van der Waals surface area contributed by atoms with E-state index in [1.165, 1.54) is 19.3 Å². The molecule has 0 aliphatic carbocycles. The van der Waals surface area contributed by atoms with Gasteiger partial charge in [-0.05, 0) is 25.8 Å². The number of hydrogen-bond acceptors (Lipinski definition) is 4. The minimum atomic E-state index is -0.112. The first-order valence-electron chi connectivity index (χ1n) is 5.71. The number of piperidine rings is 1. The van der Waals surface area contributed by atoms with E-state index in [1.54, 1.807) is 7.11 Å². The normalized spacial score (nSPS) is 21.3. The highest BCUT2D eigenvalue weighted by Gasteiger charge is 2.14. The fourth-order valence-corrected chi connectivity index (χ4v) is 1.77. The van der Waals surface area contributed by atoms with Crippen LogP contribution in [0.3, 0.4) is 0 Å². The second kappa shape index (κ2) is 7.65. The minimum Gasteiger partial charge on any atom is -0.463 e. The lowest BCUT2D eigenvalue weighted by Crippen LogP contribution is -2.34. The van der Waals surface area contributed by atoms with Crippen LogP contribution in [-0.2, 0) is 14.3 Å². The average molecular weight is 215 g/mol. The summed E-state index contributed by atoms with van der Waals surface area (Å²) in [5.74, 6) is -0.112. The summed E-state index contributed by atoms with van der Waals surface area (Å²) >= 11 is 0. The van der Waals surface area contributed by atoms with Gasteiger partial charge in [0, 0.05) is 19.6 Å². The summed E-state index contributed by atoms with van der Waals surface area (Å²) in [6.07, 6.45) is 5.13.